The summed E-state index contributed by atoms with van der Waals surface area (Å²) >= 11 is 6.09. The van der Waals surface area contributed by atoms with Gasteiger partial charge in [-0.1, -0.05) is 11.6 Å². The van der Waals surface area contributed by atoms with E-state index in [0.29, 0.717) is 0 Å². The molecule has 0 amide bonds. The zero-order valence-electron chi connectivity index (χ0n) is 18.4. The van der Waals surface area contributed by atoms with Crippen LogP contribution in [0.1, 0.15) is 44.0 Å². The first-order chi connectivity index (χ1) is 15.4. The second-order valence-electron chi connectivity index (χ2n) is 9.15. The van der Waals surface area contributed by atoms with Crippen molar-refractivity contribution in [3.05, 3.63) is 35.1 Å². The number of pyridine rings is 1. The second kappa shape index (κ2) is 8.59. The van der Waals surface area contributed by atoms with Crippen molar-refractivity contribution in [2.75, 3.05) is 11.6 Å². The molecule has 1 unspecified atom stereocenters. The normalized spacial score (nSPS) is 20.6. The van der Waals surface area contributed by atoms with Gasteiger partial charge < -0.3 is 29.9 Å². The standard InChI is InChI=1S/C20H25ClF3N3O7/c1-16(2,3)34-15(28)11-4-5-12(25-14(11)21)27-9-6-13(26-27)33-10-18(29,30)19(31,32)17(7-8-17)20(22,23)24/h4-6,9,13,26,29-32H,7-8,10H2,1-3H3. The molecule has 190 valence electrons. The predicted molar refractivity (Wildman–Crippen MR) is 111 cm³/mol. The van der Waals surface area contributed by atoms with E-state index in [1.165, 1.54) is 29.4 Å². The van der Waals surface area contributed by atoms with Crippen LogP contribution in [0.4, 0.5) is 19.0 Å². The number of carbonyl (C=O) groups is 1. The van der Waals surface area contributed by atoms with Crippen molar-refractivity contribution in [1.82, 2.24) is 10.4 Å². The number of nitrogens with zero attached hydrogens (tertiary/aromatic N) is 2. The summed E-state index contributed by atoms with van der Waals surface area (Å²) in [6.07, 6.45) is -4.76. The van der Waals surface area contributed by atoms with Gasteiger partial charge in [0.2, 0.25) is 11.6 Å². The van der Waals surface area contributed by atoms with Gasteiger partial charge in [-0.15, -0.1) is 0 Å². The lowest BCUT2D eigenvalue weighted by atomic mass is 9.87. The third-order valence-corrected chi connectivity index (χ3v) is 5.65. The van der Waals surface area contributed by atoms with Gasteiger partial charge in [-0.25, -0.2) is 9.78 Å². The molecule has 1 aromatic rings. The molecule has 1 aromatic heterocycles. The number of hydrogen-bond donors (Lipinski definition) is 5. The minimum atomic E-state index is -5.06. The third-order valence-electron chi connectivity index (χ3n) is 5.36. The number of carbonyl (C=O) groups excluding carboxylic acids is 1. The van der Waals surface area contributed by atoms with Crippen LogP contribution in [0, 0.1) is 5.41 Å². The summed E-state index contributed by atoms with van der Waals surface area (Å²) in [5.41, 5.74) is -1.08. The van der Waals surface area contributed by atoms with Crippen molar-refractivity contribution in [3.63, 3.8) is 0 Å². The van der Waals surface area contributed by atoms with Crippen molar-refractivity contribution in [1.29, 1.82) is 0 Å². The van der Waals surface area contributed by atoms with E-state index >= 15 is 0 Å². The number of anilines is 1. The van der Waals surface area contributed by atoms with Gasteiger partial charge in [-0.2, -0.15) is 18.6 Å². The fourth-order valence-corrected chi connectivity index (χ4v) is 3.54. The van der Waals surface area contributed by atoms with Gasteiger partial charge in [0.25, 0.3) is 0 Å². The predicted octanol–water partition coefficient (Wildman–Crippen LogP) is 1.58. The lowest BCUT2D eigenvalue weighted by Crippen LogP contribution is -2.66. The van der Waals surface area contributed by atoms with E-state index in [1.54, 1.807) is 20.8 Å². The Bertz CT molecular complexity index is 975. The molecule has 0 bridgehead atoms. The molecule has 1 fully saturated rings. The van der Waals surface area contributed by atoms with Gasteiger partial charge >= 0.3 is 12.1 Å². The van der Waals surface area contributed by atoms with Gasteiger partial charge in [0.15, 0.2) is 0 Å². The van der Waals surface area contributed by atoms with Gasteiger partial charge in [-0.3, -0.25) is 5.01 Å². The van der Waals surface area contributed by atoms with Crippen molar-refractivity contribution in [2.45, 2.75) is 63.2 Å². The Hall–Kier alpha value is -2.00. The van der Waals surface area contributed by atoms with Crippen LogP contribution in [0.3, 0.4) is 0 Å². The molecule has 14 heteroatoms. The fraction of sp³-hybridized carbons (Fsp3) is 0.600. The molecule has 0 spiro atoms. The molecular formula is C20H25ClF3N3O7. The van der Waals surface area contributed by atoms with Crippen molar-refractivity contribution >= 4 is 23.4 Å². The van der Waals surface area contributed by atoms with Crippen LogP contribution < -0.4 is 10.4 Å². The summed E-state index contributed by atoms with van der Waals surface area (Å²) < 4.78 is 50.1. The molecule has 2 heterocycles. The first kappa shape index (κ1) is 26.6. The number of alkyl halides is 3. The summed E-state index contributed by atoms with van der Waals surface area (Å²) in [7, 11) is 0. The molecule has 0 saturated heterocycles. The molecule has 2 aliphatic rings. The lowest BCUT2D eigenvalue weighted by Gasteiger charge is -2.41. The Morgan fingerprint density at radius 2 is 1.85 bits per heavy atom. The van der Waals surface area contributed by atoms with E-state index in [1.807, 2.05) is 0 Å². The number of nitrogens with one attached hydrogen (secondary N) is 1. The van der Waals surface area contributed by atoms with Crippen LogP contribution in [-0.4, -0.2) is 67.6 Å². The Balaban J connectivity index is 1.62. The average Bonchev–Trinajstić information content (AvgIpc) is 3.39. The maximum absolute atomic E-state index is 13.2. The molecule has 1 aliphatic heterocycles. The molecular weight excluding hydrogens is 487 g/mol. The smallest absolute Gasteiger partial charge is 0.399 e. The minimum Gasteiger partial charge on any atom is -0.456 e. The zero-order valence-corrected chi connectivity index (χ0v) is 19.2. The number of aliphatic hydroxyl groups is 4. The average molecular weight is 512 g/mol. The van der Waals surface area contributed by atoms with Crippen LogP contribution in [0.2, 0.25) is 5.15 Å². The Morgan fingerprint density at radius 3 is 2.35 bits per heavy atom. The third kappa shape index (κ3) is 5.00. The molecule has 10 nitrogen and oxygen atoms in total. The van der Waals surface area contributed by atoms with Crippen LogP contribution >= 0.6 is 11.6 Å². The highest BCUT2D eigenvalue weighted by Crippen LogP contribution is 2.65. The van der Waals surface area contributed by atoms with E-state index in [0.717, 1.165) is 0 Å². The summed E-state index contributed by atoms with van der Waals surface area (Å²) in [5, 5.41) is 41.1. The van der Waals surface area contributed by atoms with E-state index in [-0.39, 0.29) is 16.5 Å². The van der Waals surface area contributed by atoms with Crippen molar-refractivity contribution < 1.29 is 47.9 Å². The number of hydrogen-bond acceptors (Lipinski definition) is 10. The Kier molecular flexibility index (Phi) is 6.72. The van der Waals surface area contributed by atoms with E-state index in [4.69, 9.17) is 21.1 Å². The monoisotopic (exact) mass is 511 g/mol. The van der Waals surface area contributed by atoms with E-state index in [2.05, 4.69) is 10.4 Å². The van der Waals surface area contributed by atoms with Crippen molar-refractivity contribution in [2.24, 2.45) is 5.41 Å². The Labute approximate surface area is 197 Å². The summed E-state index contributed by atoms with van der Waals surface area (Å²) in [6.45, 7) is 3.81. The number of halogens is 4. The van der Waals surface area contributed by atoms with Gasteiger partial charge in [-0.05, 0) is 51.8 Å². The van der Waals surface area contributed by atoms with Crippen LogP contribution in [0.15, 0.2) is 24.4 Å². The molecule has 34 heavy (non-hydrogen) atoms. The summed E-state index contributed by atoms with van der Waals surface area (Å²) in [4.78, 5) is 16.3. The number of rotatable bonds is 7. The van der Waals surface area contributed by atoms with Gasteiger partial charge in [0, 0.05) is 6.20 Å². The maximum atomic E-state index is 13.2. The minimum absolute atomic E-state index is 0.0302. The summed E-state index contributed by atoms with van der Waals surface area (Å²) in [5.74, 6) is -7.99. The van der Waals surface area contributed by atoms with Gasteiger partial charge in [0.1, 0.15) is 34.8 Å². The van der Waals surface area contributed by atoms with E-state index in [9.17, 15) is 38.4 Å². The molecule has 0 radical (unpaired) electrons. The first-order valence-corrected chi connectivity index (χ1v) is 10.5. The maximum Gasteiger partial charge on any atom is 0.399 e. The first-order valence-electron chi connectivity index (χ1n) is 10.1. The molecule has 1 aliphatic carbocycles. The number of hydrazine groups is 1. The topological polar surface area (TPSA) is 145 Å². The quantitative estimate of drug-likeness (QED) is 0.208. The zero-order chi connectivity index (χ0) is 25.7. The molecule has 5 N–H and O–H groups in total. The lowest BCUT2D eigenvalue weighted by molar-refractivity contribution is -0.424. The SMILES string of the molecule is CC(C)(C)OC(=O)c1ccc(N2C=CC(OCC(O)(O)C(O)(O)C3(C(F)(F)F)CC3)N2)nc1Cl. The molecule has 1 atom stereocenters. The van der Waals surface area contributed by atoms with E-state index < -0.39 is 60.4 Å². The highest BCUT2D eigenvalue weighted by atomic mass is 35.5. The molecule has 1 saturated carbocycles. The van der Waals surface area contributed by atoms with Crippen LogP contribution in [0.5, 0.6) is 0 Å². The van der Waals surface area contributed by atoms with Crippen LogP contribution in [0.25, 0.3) is 0 Å². The number of ether oxygens (including phenoxy) is 2. The van der Waals surface area contributed by atoms with Gasteiger partial charge in [0.05, 0.1) is 5.56 Å². The summed E-state index contributed by atoms with van der Waals surface area (Å²) in [6, 6.07) is 2.81. The highest BCUT2D eigenvalue weighted by Gasteiger charge is 2.79. The van der Waals surface area contributed by atoms with Crippen LogP contribution in [-0.2, 0) is 9.47 Å². The number of aromatic nitrogens is 1. The Morgan fingerprint density at radius 1 is 1.24 bits per heavy atom. The van der Waals surface area contributed by atoms with Crippen molar-refractivity contribution in [3.8, 4) is 0 Å². The largest absolute Gasteiger partial charge is 0.456 e. The molecule has 3 rings (SSSR count). The number of esters is 1. The molecule has 0 aromatic carbocycles. The second-order valence-corrected chi connectivity index (χ2v) is 9.51. The fourth-order valence-electron chi connectivity index (χ4n) is 3.31. The highest BCUT2D eigenvalue weighted by molar-refractivity contribution is 6.32.